The molecule has 1 aliphatic heterocycles. The number of amides is 1. The average Bonchev–Trinajstić information content (AvgIpc) is 2.96. The molecule has 0 bridgehead atoms. The molecule has 5 heteroatoms. The van der Waals surface area contributed by atoms with Crippen molar-refractivity contribution in [1.29, 1.82) is 0 Å². The summed E-state index contributed by atoms with van der Waals surface area (Å²) in [5.74, 6) is 0.642. The van der Waals surface area contributed by atoms with Gasteiger partial charge in [0.15, 0.2) is 0 Å². The molecular formula is C18H19NO3S. The molecule has 0 spiro atoms. The fraction of sp³-hybridized carbons (Fsp3) is 0.278. The van der Waals surface area contributed by atoms with Crippen molar-refractivity contribution in [1.82, 2.24) is 5.32 Å². The maximum atomic E-state index is 12.2. The van der Waals surface area contributed by atoms with Gasteiger partial charge in [0.25, 0.3) is 0 Å². The summed E-state index contributed by atoms with van der Waals surface area (Å²) < 4.78 is 18.0. The molecule has 0 fully saturated rings. The van der Waals surface area contributed by atoms with Gasteiger partial charge in [0, 0.05) is 11.3 Å². The first-order valence-corrected chi connectivity index (χ1v) is 8.90. The summed E-state index contributed by atoms with van der Waals surface area (Å²) in [6, 6.07) is 15.3. The van der Waals surface area contributed by atoms with E-state index in [9.17, 15) is 9.00 Å². The first-order valence-electron chi connectivity index (χ1n) is 7.58. The SMILES string of the molecule is Cc1cccc([S@@](=O)CC(=O)NC[C@@H]2Cc3ccccc3O2)c1. The van der Waals surface area contributed by atoms with Crippen molar-refractivity contribution in [2.45, 2.75) is 24.3 Å². The Bertz CT molecular complexity index is 720. The van der Waals surface area contributed by atoms with Crippen molar-refractivity contribution in [3.05, 3.63) is 59.7 Å². The second-order valence-electron chi connectivity index (χ2n) is 5.66. The van der Waals surface area contributed by atoms with Crippen molar-refractivity contribution in [3.63, 3.8) is 0 Å². The maximum absolute atomic E-state index is 12.2. The van der Waals surface area contributed by atoms with Crippen molar-refractivity contribution >= 4 is 16.7 Å². The maximum Gasteiger partial charge on any atom is 0.233 e. The number of para-hydroxylation sites is 1. The van der Waals surface area contributed by atoms with Gasteiger partial charge in [-0.2, -0.15) is 0 Å². The number of carbonyl (C=O) groups is 1. The lowest BCUT2D eigenvalue weighted by atomic mass is 10.1. The first-order chi connectivity index (χ1) is 11.1. The van der Waals surface area contributed by atoms with E-state index in [0.29, 0.717) is 11.4 Å². The standard InChI is InChI=1S/C18H19NO3S/c1-13-5-4-7-16(9-13)23(21)12-18(20)19-11-15-10-14-6-2-3-8-17(14)22-15/h2-9,15H,10-12H2,1H3,(H,19,20)/t15-,23-/m0/s1. The van der Waals surface area contributed by atoms with Crippen LogP contribution >= 0.6 is 0 Å². The van der Waals surface area contributed by atoms with E-state index >= 15 is 0 Å². The smallest absolute Gasteiger partial charge is 0.233 e. The van der Waals surface area contributed by atoms with Gasteiger partial charge in [0.1, 0.15) is 17.6 Å². The van der Waals surface area contributed by atoms with Gasteiger partial charge >= 0.3 is 0 Å². The molecule has 0 aromatic heterocycles. The number of nitrogens with one attached hydrogen (secondary N) is 1. The van der Waals surface area contributed by atoms with Gasteiger partial charge in [-0.3, -0.25) is 9.00 Å². The Labute approximate surface area is 138 Å². The molecule has 120 valence electrons. The van der Waals surface area contributed by atoms with Crippen LogP contribution in [0, 0.1) is 6.92 Å². The van der Waals surface area contributed by atoms with Crippen LogP contribution in [0.5, 0.6) is 5.75 Å². The summed E-state index contributed by atoms with van der Waals surface area (Å²) in [4.78, 5) is 12.7. The Kier molecular flexibility index (Phi) is 4.76. The predicted molar refractivity (Wildman–Crippen MR) is 90.0 cm³/mol. The number of carbonyl (C=O) groups excluding carboxylic acids is 1. The molecule has 1 aliphatic rings. The fourth-order valence-electron chi connectivity index (χ4n) is 2.61. The van der Waals surface area contributed by atoms with E-state index in [1.165, 1.54) is 0 Å². The molecule has 0 unspecified atom stereocenters. The summed E-state index contributed by atoms with van der Waals surface area (Å²) in [5.41, 5.74) is 2.20. The van der Waals surface area contributed by atoms with E-state index in [2.05, 4.69) is 5.32 Å². The molecule has 2 aromatic rings. The minimum absolute atomic E-state index is 0.0247. The van der Waals surface area contributed by atoms with Crippen LogP contribution in [0.25, 0.3) is 0 Å². The summed E-state index contributed by atoms with van der Waals surface area (Å²) in [5, 5.41) is 2.82. The number of fused-ring (bicyclic) bond motifs is 1. The predicted octanol–water partition coefficient (Wildman–Crippen LogP) is 2.22. The van der Waals surface area contributed by atoms with E-state index in [1.54, 1.807) is 6.07 Å². The van der Waals surface area contributed by atoms with E-state index < -0.39 is 10.8 Å². The van der Waals surface area contributed by atoms with Crippen molar-refractivity contribution < 1.29 is 13.7 Å². The number of hydrogen-bond donors (Lipinski definition) is 1. The van der Waals surface area contributed by atoms with Crippen molar-refractivity contribution in [2.24, 2.45) is 0 Å². The third-order valence-electron chi connectivity index (χ3n) is 3.76. The van der Waals surface area contributed by atoms with E-state index in [0.717, 1.165) is 23.3 Å². The highest BCUT2D eigenvalue weighted by Gasteiger charge is 2.22. The zero-order chi connectivity index (χ0) is 16.2. The van der Waals surface area contributed by atoms with E-state index in [4.69, 9.17) is 4.74 Å². The van der Waals surface area contributed by atoms with Crippen molar-refractivity contribution in [3.8, 4) is 5.75 Å². The largest absolute Gasteiger partial charge is 0.488 e. The van der Waals surface area contributed by atoms with Gasteiger partial charge in [0.05, 0.1) is 17.3 Å². The highest BCUT2D eigenvalue weighted by atomic mass is 32.2. The van der Waals surface area contributed by atoms with Crippen LogP contribution in [0.1, 0.15) is 11.1 Å². The number of ether oxygens (including phenoxy) is 1. The summed E-state index contributed by atoms with van der Waals surface area (Å²) in [6.45, 7) is 2.37. The molecule has 1 heterocycles. The molecule has 23 heavy (non-hydrogen) atoms. The fourth-order valence-corrected chi connectivity index (χ4v) is 3.66. The highest BCUT2D eigenvalue weighted by molar-refractivity contribution is 7.85. The molecule has 2 aromatic carbocycles. The zero-order valence-electron chi connectivity index (χ0n) is 13.0. The number of aryl methyl sites for hydroxylation is 1. The quantitative estimate of drug-likeness (QED) is 0.915. The van der Waals surface area contributed by atoms with Gasteiger partial charge < -0.3 is 10.1 Å². The molecule has 0 saturated carbocycles. The third-order valence-corrected chi connectivity index (χ3v) is 5.06. The second kappa shape index (κ2) is 6.96. The topological polar surface area (TPSA) is 55.4 Å². The Hall–Kier alpha value is -2.14. The minimum atomic E-state index is -1.32. The number of hydrogen-bond acceptors (Lipinski definition) is 3. The Morgan fingerprint density at radius 1 is 1.26 bits per heavy atom. The van der Waals surface area contributed by atoms with Crippen LogP contribution in [0.15, 0.2) is 53.4 Å². The highest BCUT2D eigenvalue weighted by Crippen LogP contribution is 2.27. The number of benzene rings is 2. The molecule has 0 saturated heterocycles. The molecular weight excluding hydrogens is 310 g/mol. The van der Waals surface area contributed by atoms with Crippen molar-refractivity contribution in [2.75, 3.05) is 12.3 Å². The molecule has 2 atom stereocenters. The third kappa shape index (κ3) is 3.99. The van der Waals surface area contributed by atoms with Gasteiger partial charge in [-0.25, -0.2) is 0 Å². The Morgan fingerprint density at radius 2 is 2.09 bits per heavy atom. The lowest BCUT2D eigenvalue weighted by Crippen LogP contribution is -2.36. The lowest BCUT2D eigenvalue weighted by molar-refractivity contribution is -0.118. The van der Waals surface area contributed by atoms with Gasteiger partial charge in [-0.15, -0.1) is 0 Å². The van der Waals surface area contributed by atoms with E-state index in [-0.39, 0.29) is 17.8 Å². The Morgan fingerprint density at radius 3 is 2.87 bits per heavy atom. The Balaban J connectivity index is 1.48. The average molecular weight is 329 g/mol. The minimum Gasteiger partial charge on any atom is -0.488 e. The van der Waals surface area contributed by atoms with Crippen LogP contribution in [0.3, 0.4) is 0 Å². The second-order valence-corrected chi connectivity index (χ2v) is 7.11. The molecule has 3 rings (SSSR count). The van der Waals surface area contributed by atoms with Crippen LogP contribution in [0.4, 0.5) is 0 Å². The molecule has 1 amide bonds. The molecule has 0 aliphatic carbocycles. The first kappa shape index (κ1) is 15.7. The zero-order valence-corrected chi connectivity index (χ0v) is 13.8. The van der Waals surface area contributed by atoms with E-state index in [1.807, 2.05) is 49.4 Å². The van der Waals surface area contributed by atoms with Gasteiger partial charge in [0.2, 0.25) is 5.91 Å². The van der Waals surface area contributed by atoms with Crippen LogP contribution in [0.2, 0.25) is 0 Å². The van der Waals surface area contributed by atoms with Crippen LogP contribution < -0.4 is 10.1 Å². The monoisotopic (exact) mass is 329 g/mol. The molecule has 1 N–H and O–H groups in total. The molecule has 0 radical (unpaired) electrons. The summed E-state index contributed by atoms with van der Waals surface area (Å²) in [6.07, 6.45) is 0.737. The van der Waals surface area contributed by atoms with Crippen LogP contribution in [-0.4, -0.2) is 28.5 Å². The van der Waals surface area contributed by atoms with Crippen LogP contribution in [-0.2, 0) is 22.0 Å². The van der Waals surface area contributed by atoms with Gasteiger partial charge in [-0.05, 0) is 36.2 Å². The van der Waals surface area contributed by atoms with Gasteiger partial charge in [-0.1, -0.05) is 30.3 Å². The summed E-state index contributed by atoms with van der Waals surface area (Å²) >= 11 is 0. The summed E-state index contributed by atoms with van der Waals surface area (Å²) in [7, 11) is -1.32. The lowest BCUT2D eigenvalue weighted by Gasteiger charge is -2.12. The number of rotatable bonds is 5. The molecule has 4 nitrogen and oxygen atoms in total. The normalized spacial score (nSPS) is 17.2.